The van der Waals surface area contributed by atoms with Crippen molar-refractivity contribution in [3.63, 3.8) is 0 Å². The summed E-state index contributed by atoms with van der Waals surface area (Å²) in [5.41, 5.74) is 2.11. The minimum Gasteiger partial charge on any atom is -0.543 e. The van der Waals surface area contributed by atoms with E-state index >= 15 is 4.39 Å². The highest BCUT2D eigenvalue weighted by Gasteiger charge is 2.50. The number of hydrogen-bond donors (Lipinski definition) is 0. The first-order chi connectivity index (χ1) is 26.9. The summed E-state index contributed by atoms with van der Waals surface area (Å²) in [5, 5.41) is 1.45. The number of nitrogens with zero attached hydrogens (tertiary/aromatic N) is 7. The summed E-state index contributed by atoms with van der Waals surface area (Å²) in [7, 11) is -2.24. The molecule has 5 aliphatic rings. The molecule has 0 unspecified atom stereocenters. The van der Waals surface area contributed by atoms with Crippen LogP contribution in [0.3, 0.4) is 0 Å². The number of amides is 1. The maximum absolute atomic E-state index is 17.6. The minimum absolute atomic E-state index is 0.0304. The van der Waals surface area contributed by atoms with Gasteiger partial charge < -0.3 is 23.4 Å². The summed E-state index contributed by atoms with van der Waals surface area (Å²) in [6.07, 6.45) is 6.33. The van der Waals surface area contributed by atoms with E-state index in [0.29, 0.717) is 48.6 Å². The van der Waals surface area contributed by atoms with Crippen LogP contribution < -0.4 is 14.1 Å². The Morgan fingerprint density at radius 1 is 1.00 bits per heavy atom. The molecule has 0 radical (unpaired) electrons. The van der Waals surface area contributed by atoms with Crippen LogP contribution in [0.2, 0.25) is 18.1 Å². The summed E-state index contributed by atoms with van der Waals surface area (Å²) in [5.74, 6) is 0.678. The van der Waals surface area contributed by atoms with E-state index in [-0.39, 0.29) is 47.0 Å². The van der Waals surface area contributed by atoms with Crippen LogP contribution in [0.4, 0.5) is 19.4 Å². The standard InChI is InChI=1S/C43H57F2N7O4Si/c1-41(2,3)55-40(53)52-29-12-13-30(52)24-49(23-29)38-33-21-46-35(34(45)36(33)47-39(48-38)54-25-43-14-10-15-50(43)22-27(44)20-43)32-19-31(56-57(7,8)42(4,5)6)18-26-17-28-11-9-16-51(28)37(26)32/h17-19,21,27,29-30H,9-16,20,22-25H2,1-8H3/t27-,29-,30+,43+/m1/s1. The molecule has 14 heteroatoms. The van der Waals surface area contributed by atoms with Gasteiger partial charge in [0.25, 0.3) is 0 Å². The number of carbonyl (C=O) groups excluding carboxylic acids is 1. The van der Waals surface area contributed by atoms with Gasteiger partial charge >= 0.3 is 12.1 Å². The molecule has 306 valence electrons. The molecule has 5 aliphatic heterocycles. The molecule has 2 bridgehead atoms. The number of aromatic nitrogens is 4. The van der Waals surface area contributed by atoms with Gasteiger partial charge in [0.15, 0.2) is 5.82 Å². The van der Waals surface area contributed by atoms with Crippen LogP contribution in [0.15, 0.2) is 24.4 Å². The molecule has 57 heavy (non-hydrogen) atoms. The van der Waals surface area contributed by atoms with E-state index < -0.39 is 31.4 Å². The zero-order valence-electron chi connectivity index (χ0n) is 34.8. The molecule has 4 atom stereocenters. The molecule has 8 heterocycles. The number of halogens is 2. The number of aryl methyl sites for hydroxylation is 2. The maximum Gasteiger partial charge on any atom is 0.410 e. The van der Waals surface area contributed by atoms with Gasteiger partial charge in [-0.2, -0.15) is 9.97 Å². The minimum atomic E-state index is -2.24. The zero-order valence-corrected chi connectivity index (χ0v) is 35.8. The van der Waals surface area contributed by atoms with Gasteiger partial charge in [-0.25, -0.2) is 13.6 Å². The van der Waals surface area contributed by atoms with E-state index in [1.807, 2.05) is 31.7 Å². The third-order valence-corrected chi connectivity index (χ3v) is 17.9. The van der Waals surface area contributed by atoms with Crippen LogP contribution in [-0.4, -0.2) is 106 Å². The number of hydrogen-bond acceptors (Lipinski definition) is 9. The quantitative estimate of drug-likeness (QED) is 0.170. The molecule has 3 aromatic heterocycles. The molecule has 0 saturated carbocycles. The topological polar surface area (TPSA) is 98.1 Å². The number of benzene rings is 1. The van der Waals surface area contributed by atoms with Crippen molar-refractivity contribution < 1.29 is 27.5 Å². The van der Waals surface area contributed by atoms with Crippen molar-refractivity contribution in [3.05, 3.63) is 35.9 Å². The third kappa shape index (κ3) is 6.72. The average molecular weight is 802 g/mol. The predicted octanol–water partition coefficient (Wildman–Crippen LogP) is 8.66. The van der Waals surface area contributed by atoms with Crippen molar-refractivity contribution in [1.82, 2.24) is 29.3 Å². The smallest absolute Gasteiger partial charge is 0.410 e. The number of alkyl halides is 1. The number of carbonyl (C=O) groups is 1. The second-order valence-corrected chi connectivity index (χ2v) is 24.4. The van der Waals surface area contributed by atoms with E-state index in [0.717, 1.165) is 62.5 Å². The molecule has 4 saturated heterocycles. The maximum atomic E-state index is 17.6. The Labute approximate surface area is 335 Å². The Bertz CT molecular complexity index is 2240. The Morgan fingerprint density at radius 3 is 2.47 bits per heavy atom. The fourth-order valence-corrected chi connectivity index (χ4v) is 10.9. The molecule has 4 aromatic rings. The van der Waals surface area contributed by atoms with E-state index in [4.69, 9.17) is 28.9 Å². The first-order valence-corrected chi connectivity index (χ1v) is 23.8. The molecule has 0 spiro atoms. The van der Waals surface area contributed by atoms with Gasteiger partial charge in [0.05, 0.1) is 28.5 Å². The van der Waals surface area contributed by atoms with Gasteiger partial charge in [-0.15, -0.1) is 0 Å². The van der Waals surface area contributed by atoms with Crippen LogP contribution in [0.5, 0.6) is 11.8 Å². The van der Waals surface area contributed by atoms with E-state index in [2.05, 4.69) is 60.4 Å². The Kier molecular flexibility index (Phi) is 9.11. The molecular weight excluding hydrogens is 745 g/mol. The molecular formula is C43H57F2N7O4Si. The van der Waals surface area contributed by atoms with Gasteiger partial charge in [0.2, 0.25) is 8.32 Å². The van der Waals surface area contributed by atoms with Crippen LogP contribution in [0.25, 0.3) is 33.1 Å². The van der Waals surface area contributed by atoms with Gasteiger partial charge in [-0.3, -0.25) is 14.8 Å². The van der Waals surface area contributed by atoms with Gasteiger partial charge in [-0.1, -0.05) is 20.8 Å². The van der Waals surface area contributed by atoms with Crippen molar-refractivity contribution in [2.75, 3.05) is 37.7 Å². The summed E-state index contributed by atoms with van der Waals surface area (Å²) in [6.45, 7) is 20.0. The van der Waals surface area contributed by atoms with Crippen LogP contribution in [0.1, 0.15) is 85.8 Å². The first-order valence-electron chi connectivity index (χ1n) is 20.9. The van der Waals surface area contributed by atoms with Crippen LogP contribution in [0, 0.1) is 5.82 Å². The van der Waals surface area contributed by atoms with Crippen molar-refractivity contribution >= 4 is 42.0 Å². The SMILES string of the molecule is CC(C)(C)OC(=O)N1[C@@H]2CC[C@H]1CN(c1nc(OC[C@@]34CCCN3C[C@H](F)C4)nc3c(F)c(-c4cc(O[Si](C)(C)C(C)(C)C)cc5cc6n(c45)CCC6)ncc13)C2. The van der Waals surface area contributed by atoms with Gasteiger partial charge in [0.1, 0.15) is 41.2 Å². The predicted molar refractivity (Wildman–Crippen MR) is 220 cm³/mol. The number of rotatable bonds is 7. The number of ether oxygens (including phenoxy) is 2. The fourth-order valence-electron chi connectivity index (χ4n) is 9.86. The monoisotopic (exact) mass is 801 g/mol. The number of pyridine rings is 1. The lowest BCUT2D eigenvalue weighted by atomic mass is 9.95. The third-order valence-electron chi connectivity index (χ3n) is 13.6. The lowest BCUT2D eigenvalue weighted by Crippen LogP contribution is -2.57. The van der Waals surface area contributed by atoms with Gasteiger partial charge in [-0.05, 0) is 102 Å². The second kappa shape index (κ2) is 13.5. The highest BCUT2D eigenvalue weighted by molar-refractivity contribution is 6.74. The van der Waals surface area contributed by atoms with Crippen LogP contribution in [-0.2, 0) is 17.7 Å². The fraction of sp³-hybridized carbons (Fsp3) is 0.628. The van der Waals surface area contributed by atoms with Crippen molar-refractivity contribution in [2.45, 2.75) is 141 Å². The first kappa shape index (κ1) is 38.5. The number of piperazine rings is 1. The van der Waals surface area contributed by atoms with Crippen molar-refractivity contribution in [1.29, 1.82) is 0 Å². The van der Waals surface area contributed by atoms with E-state index in [1.165, 1.54) is 5.69 Å². The summed E-state index contributed by atoms with van der Waals surface area (Å²) in [4.78, 5) is 34.2. The van der Waals surface area contributed by atoms with E-state index in [1.54, 1.807) is 6.20 Å². The highest BCUT2D eigenvalue weighted by Crippen LogP contribution is 2.45. The average Bonchev–Trinajstić information content (AvgIpc) is 3.92. The molecule has 1 aromatic carbocycles. The summed E-state index contributed by atoms with van der Waals surface area (Å²) in [6, 6.07) is 6.13. The molecule has 9 rings (SSSR count). The Balaban J connectivity index is 1.15. The molecule has 11 nitrogen and oxygen atoms in total. The molecule has 0 aliphatic carbocycles. The molecule has 4 fully saturated rings. The van der Waals surface area contributed by atoms with Crippen molar-refractivity contribution in [3.8, 4) is 23.0 Å². The summed E-state index contributed by atoms with van der Waals surface area (Å²) < 4.78 is 53.8. The Morgan fingerprint density at radius 2 is 1.75 bits per heavy atom. The second-order valence-electron chi connectivity index (χ2n) is 19.7. The number of fused-ring (bicyclic) bond motifs is 7. The molecule has 1 amide bonds. The van der Waals surface area contributed by atoms with Crippen molar-refractivity contribution in [2.24, 2.45) is 0 Å². The molecule has 0 N–H and O–H groups in total. The largest absolute Gasteiger partial charge is 0.543 e. The van der Waals surface area contributed by atoms with Crippen LogP contribution >= 0.6 is 0 Å². The highest BCUT2D eigenvalue weighted by atomic mass is 28.4. The number of anilines is 1. The Hall–Kier alpha value is -4.04. The summed E-state index contributed by atoms with van der Waals surface area (Å²) >= 11 is 0. The zero-order chi connectivity index (χ0) is 40.2. The normalized spacial score (nSPS) is 25.1. The lowest BCUT2D eigenvalue weighted by molar-refractivity contribution is 0.0122. The van der Waals surface area contributed by atoms with E-state index in [9.17, 15) is 9.18 Å². The van der Waals surface area contributed by atoms with Gasteiger partial charge in [0, 0.05) is 55.4 Å². The lowest BCUT2D eigenvalue weighted by Gasteiger charge is -2.42.